The molecule has 2 aromatic carbocycles. The third kappa shape index (κ3) is 10.2. The van der Waals surface area contributed by atoms with Gasteiger partial charge in [-0.25, -0.2) is 18.4 Å². The number of carbonyl (C=O) groups is 2. The maximum Gasteiger partial charge on any atom is 0.249 e. The van der Waals surface area contributed by atoms with Gasteiger partial charge in [0.2, 0.25) is 17.8 Å². The van der Waals surface area contributed by atoms with Crippen LogP contribution in [0.1, 0.15) is 83.4 Å². The number of carbonyl (C=O) groups excluding carboxylic acids is 2. The van der Waals surface area contributed by atoms with Crippen LogP contribution < -0.4 is 30.9 Å². The van der Waals surface area contributed by atoms with Crippen LogP contribution in [-0.2, 0) is 19.4 Å². The van der Waals surface area contributed by atoms with Gasteiger partial charge in [0.25, 0.3) is 0 Å². The summed E-state index contributed by atoms with van der Waals surface area (Å²) in [5.41, 5.74) is 4.58. The number of para-hydroxylation sites is 1. The fourth-order valence-electron chi connectivity index (χ4n) is 9.16. The van der Waals surface area contributed by atoms with Crippen molar-refractivity contribution in [2.45, 2.75) is 113 Å². The topological polar surface area (TPSA) is 174 Å². The van der Waals surface area contributed by atoms with E-state index in [1.807, 2.05) is 32.9 Å². The molecule has 0 radical (unpaired) electrons. The molecular formula is C46H59ClN10O5S. The van der Waals surface area contributed by atoms with Crippen molar-refractivity contribution in [2.24, 2.45) is 0 Å². The van der Waals surface area contributed by atoms with Gasteiger partial charge in [0, 0.05) is 61.8 Å². The lowest BCUT2D eigenvalue weighted by Gasteiger charge is -2.50. The summed E-state index contributed by atoms with van der Waals surface area (Å²) >= 11 is 6.52. The van der Waals surface area contributed by atoms with Crippen molar-refractivity contribution < 1.29 is 22.7 Å². The summed E-state index contributed by atoms with van der Waals surface area (Å²) in [7, 11) is -3.57. The summed E-state index contributed by atoms with van der Waals surface area (Å²) in [6, 6.07) is 17.9. The van der Waals surface area contributed by atoms with Crippen molar-refractivity contribution in [3.63, 3.8) is 0 Å². The molecule has 1 unspecified atom stereocenters. The molecular weight excluding hydrogens is 840 g/mol. The van der Waals surface area contributed by atoms with E-state index in [9.17, 15) is 18.0 Å². The van der Waals surface area contributed by atoms with Gasteiger partial charge in [0.05, 0.1) is 28.1 Å². The van der Waals surface area contributed by atoms with Gasteiger partial charge < -0.3 is 30.5 Å². The number of anilines is 6. The van der Waals surface area contributed by atoms with Crippen molar-refractivity contribution in [3.8, 4) is 5.75 Å². The van der Waals surface area contributed by atoms with E-state index in [4.69, 9.17) is 21.3 Å². The predicted octanol–water partition coefficient (Wildman–Crippen LogP) is 7.04. The number of rotatable bonds is 14. The van der Waals surface area contributed by atoms with E-state index in [0.717, 1.165) is 63.5 Å². The van der Waals surface area contributed by atoms with Gasteiger partial charge in [0.1, 0.15) is 11.1 Å². The maximum atomic E-state index is 13.1. The molecule has 336 valence electrons. The number of sulfone groups is 1. The Balaban J connectivity index is 0.836. The number of halogens is 1. The lowest BCUT2D eigenvalue weighted by atomic mass is 9.87. The van der Waals surface area contributed by atoms with Gasteiger partial charge in [-0.15, -0.1) is 0 Å². The molecule has 4 N–H and O–H groups in total. The minimum atomic E-state index is -3.57. The zero-order valence-electron chi connectivity index (χ0n) is 36.7. The molecule has 0 spiro atoms. The van der Waals surface area contributed by atoms with Crippen LogP contribution in [0.5, 0.6) is 5.75 Å². The Morgan fingerprint density at radius 3 is 2.21 bits per heavy atom. The Bertz CT molecular complexity index is 2400. The fourth-order valence-corrected chi connectivity index (χ4v) is 10.5. The highest BCUT2D eigenvalue weighted by Gasteiger charge is 2.36. The molecule has 6 heterocycles. The number of aromatic nitrogens is 3. The van der Waals surface area contributed by atoms with Crippen molar-refractivity contribution >= 4 is 67.9 Å². The Labute approximate surface area is 375 Å². The van der Waals surface area contributed by atoms with Gasteiger partial charge >= 0.3 is 0 Å². The predicted molar refractivity (Wildman–Crippen MR) is 247 cm³/mol. The second-order valence-corrected chi connectivity index (χ2v) is 20.6. The van der Waals surface area contributed by atoms with Crippen LogP contribution in [0, 0.1) is 6.92 Å². The molecule has 0 aliphatic carbocycles. The number of likely N-dealkylation sites (tertiary alicyclic amines) is 2. The Hall–Kier alpha value is -5.03. The van der Waals surface area contributed by atoms with Crippen LogP contribution in [0.15, 0.2) is 65.7 Å². The molecule has 4 saturated heterocycles. The molecule has 63 heavy (non-hydrogen) atoms. The Morgan fingerprint density at radius 2 is 1.52 bits per heavy atom. The van der Waals surface area contributed by atoms with E-state index >= 15 is 0 Å². The Morgan fingerprint density at radius 1 is 0.841 bits per heavy atom. The second kappa shape index (κ2) is 19.0. The summed E-state index contributed by atoms with van der Waals surface area (Å²) < 4.78 is 32.5. The van der Waals surface area contributed by atoms with E-state index in [-0.39, 0.29) is 45.6 Å². The summed E-state index contributed by atoms with van der Waals surface area (Å²) in [6.07, 6.45) is 6.72. The lowest BCUT2D eigenvalue weighted by molar-refractivity contribution is -0.133. The van der Waals surface area contributed by atoms with Gasteiger partial charge in [-0.1, -0.05) is 23.7 Å². The number of ether oxygens (including phenoxy) is 1. The average molecular weight is 900 g/mol. The van der Waals surface area contributed by atoms with Gasteiger partial charge in [-0.05, 0) is 134 Å². The SMILES string of the molecule is Cc1nc(Nc2ncc(Cl)c(Nc3ccccc3S(=O)(=O)C(C)C)n2)c(OC(C)C)cc1C1CCN(C2CCN(C3CN(c4ccc(NC5CCC(=O)NC5=O)cc4)C3)CC2)CC1. The van der Waals surface area contributed by atoms with Crippen LogP contribution in [0.2, 0.25) is 5.02 Å². The molecule has 1 atom stereocenters. The monoisotopic (exact) mass is 898 g/mol. The van der Waals surface area contributed by atoms with Crippen molar-refractivity contribution in [3.05, 3.63) is 77.1 Å². The van der Waals surface area contributed by atoms with E-state index in [1.165, 1.54) is 30.3 Å². The highest BCUT2D eigenvalue weighted by molar-refractivity contribution is 7.92. The summed E-state index contributed by atoms with van der Waals surface area (Å²) in [6.45, 7) is 15.7. The first-order valence-corrected chi connectivity index (χ1v) is 24.1. The van der Waals surface area contributed by atoms with Crippen molar-refractivity contribution in [2.75, 3.05) is 60.1 Å². The molecule has 2 aromatic heterocycles. The minimum Gasteiger partial charge on any atom is -0.487 e. The number of aryl methyl sites for hydroxylation is 1. The maximum absolute atomic E-state index is 13.1. The smallest absolute Gasteiger partial charge is 0.249 e. The highest BCUT2D eigenvalue weighted by atomic mass is 35.5. The zero-order chi connectivity index (χ0) is 44.4. The molecule has 4 aliphatic heterocycles. The van der Waals surface area contributed by atoms with E-state index in [1.54, 1.807) is 38.1 Å². The normalized spacial score (nSPS) is 19.9. The third-order valence-corrected chi connectivity index (χ3v) is 15.3. The van der Waals surface area contributed by atoms with Crippen molar-refractivity contribution in [1.82, 2.24) is 30.1 Å². The number of piperidine rings is 3. The molecule has 0 bridgehead atoms. The molecule has 4 aromatic rings. The quantitative estimate of drug-likeness (QED) is 0.0950. The van der Waals surface area contributed by atoms with Crippen LogP contribution in [0.25, 0.3) is 0 Å². The first kappa shape index (κ1) is 44.6. The van der Waals surface area contributed by atoms with E-state index < -0.39 is 15.1 Å². The van der Waals surface area contributed by atoms with Crippen LogP contribution in [0.4, 0.5) is 34.6 Å². The molecule has 4 fully saturated rings. The highest BCUT2D eigenvalue weighted by Crippen LogP contribution is 2.38. The van der Waals surface area contributed by atoms with Gasteiger partial charge in [-0.3, -0.25) is 19.8 Å². The van der Waals surface area contributed by atoms with Gasteiger partial charge in [0.15, 0.2) is 27.2 Å². The lowest BCUT2D eigenvalue weighted by Crippen LogP contribution is -2.62. The number of hydrogen-bond acceptors (Lipinski definition) is 14. The molecule has 0 saturated carbocycles. The number of amides is 2. The minimum absolute atomic E-state index is 0.0935. The first-order chi connectivity index (χ1) is 30.2. The molecule has 2 amide bonds. The van der Waals surface area contributed by atoms with E-state index in [0.29, 0.717) is 48.1 Å². The average Bonchev–Trinajstić information content (AvgIpc) is 3.24. The van der Waals surface area contributed by atoms with E-state index in [2.05, 4.69) is 64.1 Å². The Kier molecular flexibility index (Phi) is 13.4. The number of benzene rings is 2. The number of nitrogens with zero attached hydrogens (tertiary/aromatic N) is 6. The third-order valence-electron chi connectivity index (χ3n) is 12.8. The fraction of sp³-hybridized carbons (Fsp3) is 0.500. The largest absolute Gasteiger partial charge is 0.487 e. The standard InChI is InChI=1S/C46H59ClN10O5S/c1-28(2)62-40-24-36(30(5)49-44(40)54-46-48-25-37(47)43(53-46)51-38-8-6-7-9-41(38)63(60,61)29(3)4)31-16-20-55(21-17-31)34-18-22-56(23-19-34)35-26-57(27-35)33-12-10-32(11-13-33)50-39-14-15-42(58)52-45(39)59/h6-13,24-25,28-29,31,34-35,39,50H,14-23,26-27H2,1-5H3,(H,52,58,59)(H2,48,49,51,53,54). The van der Waals surface area contributed by atoms with Crippen LogP contribution in [-0.4, -0.2) is 114 Å². The number of nitrogens with one attached hydrogen (secondary N) is 4. The number of hydrogen-bond donors (Lipinski definition) is 4. The second-order valence-electron chi connectivity index (χ2n) is 17.7. The van der Waals surface area contributed by atoms with Crippen molar-refractivity contribution in [1.29, 1.82) is 0 Å². The summed E-state index contributed by atoms with van der Waals surface area (Å²) in [4.78, 5) is 45.6. The zero-order valence-corrected chi connectivity index (χ0v) is 38.3. The summed E-state index contributed by atoms with van der Waals surface area (Å²) in [5.74, 6) is 1.52. The number of pyridine rings is 1. The molecule has 17 heteroatoms. The summed E-state index contributed by atoms with van der Waals surface area (Å²) in [5, 5.41) is 11.7. The number of imide groups is 1. The molecule has 4 aliphatic rings. The van der Waals surface area contributed by atoms with Crippen LogP contribution in [0.3, 0.4) is 0 Å². The van der Waals surface area contributed by atoms with Gasteiger partial charge in [-0.2, -0.15) is 4.98 Å². The van der Waals surface area contributed by atoms with Crippen LogP contribution >= 0.6 is 11.6 Å². The first-order valence-electron chi connectivity index (χ1n) is 22.2. The molecule has 8 rings (SSSR count). The molecule has 15 nitrogen and oxygen atoms in total.